The van der Waals surface area contributed by atoms with E-state index in [1.807, 2.05) is 11.3 Å². The van der Waals surface area contributed by atoms with Crippen LogP contribution in [0.4, 0.5) is 0 Å². The van der Waals surface area contributed by atoms with Gasteiger partial charge in [-0.1, -0.05) is 95.2 Å². The van der Waals surface area contributed by atoms with Crippen LogP contribution >= 0.6 is 11.3 Å². The van der Waals surface area contributed by atoms with E-state index in [1.54, 1.807) is 0 Å². The number of hydrogen-bond acceptors (Lipinski definition) is 1. The average Bonchev–Trinajstić information content (AvgIpc) is 3.48. The zero-order chi connectivity index (χ0) is 31.3. The Morgan fingerprint density at radius 1 is 0.372 bits per heavy atom. The molecule has 0 aliphatic rings. The maximum atomic E-state index is 2.57. The molecular weight excluding hydrogens is 537 g/mol. The fraction of sp³-hybridized carbons (Fsp3) is 0.429. The van der Waals surface area contributed by atoms with E-state index in [0.29, 0.717) is 0 Å². The van der Waals surface area contributed by atoms with E-state index in [2.05, 4.69) is 133 Å². The summed E-state index contributed by atoms with van der Waals surface area (Å²) in [6.45, 7) is 33.1. The predicted octanol–water partition coefficient (Wildman–Crippen LogP) is 13.3. The normalized spacial score (nSPS) is 14.3. The zero-order valence-corrected chi connectivity index (χ0v) is 29.7. The molecule has 0 spiro atoms. The van der Waals surface area contributed by atoms with E-state index in [-0.39, 0.29) is 21.7 Å². The summed E-state index contributed by atoms with van der Waals surface area (Å²) >= 11 is 2.05. The van der Waals surface area contributed by atoms with E-state index < -0.39 is 0 Å². The summed E-state index contributed by atoms with van der Waals surface area (Å²) in [7, 11) is 0. The highest BCUT2D eigenvalue weighted by molar-refractivity contribution is 7.28. The van der Waals surface area contributed by atoms with Gasteiger partial charge in [0.05, 0.1) is 0 Å². The number of fused-ring (bicyclic) bond motifs is 7. The van der Waals surface area contributed by atoms with Crippen LogP contribution in [0.5, 0.6) is 0 Å². The maximum Gasteiger partial charge on any atom is 0.0441 e. The third-order valence-corrected chi connectivity index (χ3v) is 11.5. The Bertz CT molecular complexity index is 2100. The van der Waals surface area contributed by atoms with Crippen molar-refractivity contribution in [3.63, 3.8) is 0 Å². The lowest BCUT2D eigenvalue weighted by Gasteiger charge is -2.25. The van der Waals surface area contributed by atoms with E-state index >= 15 is 0 Å². The first-order chi connectivity index (χ1) is 19.7. The van der Waals surface area contributed by atoms with Crippen LogP contribution in [0.15, 0.2) is 36.4 Å². The second kappa shape index (κ2) is 8.42. The molecule has 0 nitrogen and oxygen atoms in total. The molecule has 1 heterocycles. The van der Waals surface area contributed by atoms with Gasteiger partial charge in [-0.3, -0.25) is 0 Å². The van der Waals surface area contributed by atoms with Crippen molar-refractivity contribution in [1.82, 2.24) is 0 Å². The molecular formula is C42H48S. The molecule has 0 atom stereocenters. The summed E-state index contributed by atoms with van der Waals surface area (Å²) in [4.78, 5) is 0. The average molecular weight is 585 g/mol. The highest BCUT2D eigenvalue weighted by Gasteiger charge is 2.30. The lowest BCUT2D eigenvalue weighted by molar-refractivity contribution is 0.586. The van der Waals surface area contributed by atoms with Crippen LogP contribution in [0, 0.1) is 13.8 Å². The minimum Gasteiger partial charge on any atom is -0.134 e. The number of thiophene rings is 1. The molecule has 43 heavy (non-hydrogen) atoms. The molecule has 6 aromatic carbocycles. The van der Waals surface area contributed by atoms with Crippen molar-refractivity contribution >= 4 is 74.6 Å². The van der Waals surface area contributed by atoms with E-state index in [4.69, 9.17) is 0 Å². The largest absolute Gasteiger partial charge is 0.134 e. The Morgan fingerprint density at radius 2 is 0.698 bits per heavy atom. The van der Waals surface area contributed by atoms with Crippen molar-refractivity contribution in [2.75, 3.05) is 0 Å². The quantitative estimate of drug-likeness (QED) is 0.166. The molecule has 0 aliphatic carbocycles. The molecule has 0 radical (unpaired) electrons. The Balaban J connectivity index is 1.80. The summed E-state index contributed by atoms with van der Waals surface area (Å²) in [6, 6.07) is 15.2. The van der Waals surface area contributed by atoms with Crippen molar-refractivity contribution < 1.29 is 0 Å². The second-order valence-corrected chi connectivity index (χ2v) is 18.6. The molecule has 222 valence electrons. The molecule has 0 amide bonds. The number of rotatable bonds is 0. The first-order valence-electron chi connectivity index (χ1n) is 16.1. The van der Waals surface area contributed by atoms with Crippen molar-refractivity contribution in [3.05, 3.63) is 69.8 Å². The predicted molar refractivity (Wildman–Crippen MR) is 196 cm³/mol. The van der Waals surface area contributed by atoms with Crippen LogP contribution in [-0.4, -0.2) is 0 Å². The van der Waals surface area contributed by atoms with Gasteiger partial charge in [-0.2, -0.15) is 0 Å². The van der Waals surface area contributed by atoms with E-state index in [1.165, 1.54) is 96.6 Å². The van der Waals surface area contributed by atoms with Gasteiger partial charge in [-0.25, -0.2) is 0 Å². The van der Waals surface area contributed by atoms with Gasteiger partial charge >= 0.3 is 0 Å². The zero-order valence-electron chi connectivity index (χ0n) is 28.9. The summed E-state index contributed by atoms with van der Waals surface area (Å²) in [5.41, 5.74) is 8.97. The Labute approximate surface area is 262 Å². The van der Waals surface area contributed by atoms with Gasteiger partial charge in [0.25, 0.3) is 0 Å². The Morgan fingerprint density at radius 3 is 1.00 bits per heavy atom. The first kappa shape index (κ1) is 28.8. The van der Waals surface area contributed by atoms with Gasteiger partial charge in [0.1, 0.15) is 0 Å². The second-order valence-electron chi connectivity index (χ2n) is 17.6. The van der Waals surface area contributed by atoms with Crippen LogP contribution in [-0.2, 0) is 21.7 Å². The molecule has 0 N–H and O–H groups in total. The SMILES string of the molecule is Cc1c(C(C)(C)C)cc2c3c1cc(C(C)(C)C)cc3c1sc3c4cc(C(C)(C)C)cc5c(C)c(C(C)(C)C)cc(c54)c3c21. The van der Waals surface area contributed by atoms with Gasteiger partial charge in [-0.05, 0) is 125 Å². The fourth-order valence-corrected chi connectivity index (χ4v) is 9.27. The molecule has 7 aromatic rings. The van der Waals surface area contributed by atoms with E-state index in [0.717, 1.165) is 0 Å². The summed E-state index contributed by atoms with van der Waals surface area (Å²) in [5, 5.41) is 14.6. The third-order valence-electron chi connectivity index (χ3n) is 10.3. The van der Waals surface area contributed by atoms with Gasteiger partial charge in [0, 0.05) is 30.9 Å². The minimum absolute atomic E-state index is 0.0652. The molecule has 1 aromatic heterocycles. The van der Waals surface area contributed by atoms with Crippen molar-refractivity contribution in [2.45, 2.75) is 119 Å². The lowest BCUT2D eigenvalue weighted by atomic mass is 9.79. The number of aryl methyl sites for hydroxylation is 2. The van der Waals surface area contributed by atoms with Gasteiger partial charge in [0.15, 0.2) is 0 Å². The molecule has 0 saturated carbocycles. The van der Waals surface area contributed by atoms with Crippen molar-refractivity contribution in [2.24, 2.45) is 0 Å². The highest BCUT2D eigenvalue weighted by Crippen LogP contribution is 2.55. The van der Waals surface area contributed by atoms with Crippen LogP contribution < -0.4 is 0 Å². The Kier molecular flexibility index (Phi) is 5.65. The molecule has 1 heteroatoms. The third kappa shape index (κ3) is 3.92. The first-order valence-corrected chi connectivity index (χ1v) is 16.9. The van der Waals surface area contributed by atoms with Crippen LogP contribution in [0.2, 0.25) is 0 Å². The fourth-order valence-electron chi connectivity index (χ4n) is 7.90. The molecule has 0 fully saturated rings. The van der Waals surface area contributed by atoms with Gasteiger partial charge < -0.3 is 0 Å². The van der Waals surface area contributed by atoms with Crippen molar-refractivity contribution in [3.8, 4) is 0 Å². The smallest absolute Gasteiger partial charge is 0.0441 e. The molecule has 7 rings (SSSR count). The van der Waals surface area contributed by atoms with Crippen molar-refractivity contribution in [1.29, 1.82) is 0 Å². The molecule has 0 unspecified atom stereocenters. The Hall–Kier alpha value is -2.90. The monoisotopic (exact) mass is 584 g/mol. The maximum absolute atomic E-state index is 2.57. The lowest BCUT2D eigenvalue weighted by Crippen LogP contribution is -2.14. The molecule has 0 aliphatic heterocycles. The summed E-state index contributed by atoms with van der Waals surface area (Å²) in [5.74, 6) is 0. The van der Waals surface area contributed by atoms with Crippen LogP contribution in [0.3, 0.4) is 0 Å². The van der Waals surface area contributed by atoms with E-state index in [9.17, 15) is 0 Å². The van der Waals surface area contributed by atoms with Crippen LogP contribution in [0.25, 0.3) is 63.3 Å². The van der Waals surface area contributed by atoms with Gasteiger partial charge in [-0.15, -0.1) is 11.3 Å². The van der Waals surface area contributed by atoms with Crippen LogP contribution in [0.1, 0.15) is 116 Å². The number of benzene rings is 4. The standard InChI is InChI=1S/C42H48S/c1-21-25-15-23(39(3,4)5)17-29-33(25)27(19-31(21)41(9,10)11)35-36-28-20-32(42(12,13)14)22(2)26-16-24(40(6,7)8)18-30(34(26)28)38(36)43-37(29)35/h15-20H,1-14H3. The minimum atomic E-state index is 0.0652. The number of hydrogen-bond donors (Lipinski definition) is 0. The summed E-state index contributed by atoms with van der Waals surface area (Å²) < 4.78 is 2.94. The molecule has 0 saturated heterocycles. The topological polar surface area (TPSA) is 0 Å². The summed E-state index contributed by atoms with van der Waals surface area (Å²) in [6.07, 6.45) is 0. The van der Waals surface area contributed by atoms with Gasteiger partial charge in [0.2, 0.25) is 0 Å². The highest BCUT2D eigenvalue weighted by atomic mass is 32.1. The molecule has 0 bridgehead atoms.